The first-order valence-electron chi connectivity index (χ1n) is 7.75. The van der Waals surface area contributed by atoms with E-state index in [2.05, 4.69) is 36.0 Å². The number of amides is 1. The molecule has 19 heavy (non-hydrogen) atoms. The zero-order valence-corrected chi connectivity index (χ0v) is 12.7. The van der Waals surface area contributed by atoms with E-state index >= 15 is 0 Å². The van der Waals surface area contributed by atoms with Gasteiger partial charge < -0.3 is 15.1 Å². The van der Waals surface area contributed by atoms with Gasteiger partial charge in [0.25, 0.3) is 0 Å². The Balaban J connectivity index is 1.92. The summed E-state index contributed by atoms with van der Waals surface area (Å²) in [6.07, 6.45) is 4.56. The number of likely N-dealkylation sites (N-methyl/N-ethyl adjacent to an activating group) is 1. The predicted octanol–water partition coefficient (Wildman–Crippen LogP) is 1.32. The largest absolute Gasteiger partial charge is 0.341 e. The van der Waals surface area contributed by atoms with Crippen molar-refractivity contribution in [2.24, 2.45) is 5.41 Å². The molecular formula is C15H29N3O. The number of hydrogen-bond acceptors (Lipinski definition) is 3. The highest BCUT2D eigenvalue weighted by Crippen LogP contribution is 2.32. The molecule has 0 aliphatic carbocycles. The highest BCUT2D eigenvalue weighted by Gasteiger charge is 2.35. The third-order valence-corrected chi connectivity index (χ3v) is 4.75. The van der Waals surface area contributed by atoms with E-state index in [-0.39, 0.29) is 6.04 Å². The topological polar surface area (TPSA) is 35.6 Å². The normalized spacial score (nSPS) is 28.7. The molecule has 2 heterocycles. The molecule has 4 heteroatoms. The zero-order chi connectivity index (χ0) is 13.9. The van der Waals surface area contributed by atoms with Gasteiger partial charge in [0.15, 0.2) is 0 Å². The molecule has 0 bridgehead atoms. The fourth-order valence-corrected chi connectivity index (χ4v) is 3.31. The number of piperidine rings is 2. The number of nitrogens with zero attached hydrogens (tertiary/aromatic N) is 2. The molecule has 2 saturated heterocycles. The quantitative estimate of drug-likeness (QED) is 0.834. The van der Waals surface area contributed by atoms with Crippen LogP contribution in [0.1, 0.15) is 39.5 Å². The van der Waals surface area contributed by atoms with Crippen LogP contribution in [0.3, 0.4) is 0 Å². The lowest BCUT2D eigenvalue weighted by Gasteiger charge is -2.43. The Bertz CT molecular complexity index is 309. The van der Waals surface area contributed by atoms with Crippen LogP contribution in [0.2, 0.25) is 0 Å². The first-order chi connectivity index (χ1) is 9.04. The maximum Gasteiger partial charge on any atom is 0.239 e. The lowest BCUT2D eigenvalue weighted by molar-refractivity contribution is -0.138. The Labute approximate surface area is 117 Å². The van der Waals surface area contributed by atoms with Gasteiger partial charge in [-0.15, -0.1) is 0 Å². The summed E-state index contributed by atoms with van der Waals surface area (Å²) in [7, 11) is 2.19. The van der Waals surface area contributed by atoms with Gasteiger partial charge >= 0.3 is 0 Å². The minimum Gasteiger partial charge on any atom is -0.341 e. The van der Waals surface area contributed by atoms with Crippen molar-refractivity contribution >= 4 is 5.91 Å². The van der Waals surface area contributed by atoms with E-state index in [1.165, 1.54) is 12.8 Å². The molecule has 2 aliphatic rings. The molecule has 110 valence electrons. The van der Waals surface area contributed by atoms with Crippen LogP contribution >= 0.6 is 0 Å². The summed E-state index contributed by atoms with van der Waals surface area (Å²) >= 11 is 0. The van der Waals surface area contributed by atoms with Gasteiger partial charge in [0, 0.05) is 13.1 Å². The van der Waals surface area contributed by atoms with Crippen molar-refractivity contribution in [2.45, 2.75) is 45.6 Å². The number of nitrogens with one attached hydrogen (secondary N) is 1. The van der Waals surface area contributed by atoms with Crippen LogP contribution in [-0.4, -0.2) is 61.5 Å². The molecule has 2 rings (SSSR count). The maximum absolute atomic E-state index is 12.4. The van der Waals surface area contributed by atoms with Gasteiger partial charge in [0.2, 0.25) is 5.91 Å². The van der Waals surface area contributed by atoms with Crippen LogP contribution in [0.4, 0.5) is 0 Å². The van der Waals surface area contributed by atoms with Gasteiger partial charge in [-0.3, -0.25) is 4.79 Å². The number of carbonyl (C=O) groups is 1. The fraction of sp³-hybridized carbons (Fsp3) is 0.933. The Kier molecular flexibility index (Phi) is 4.85. The van der Waals surface area contributed by atoms with Crippen LogP contribution in [0.15, 0.2) is 0 Å². The van der Waals surface area contributed by atoms with E-state index < -0.39 is 0 Å². The van der Waals surface area contributed by atoms with Gasteiger partial charge in [-0.05, 0) is 57.8 Å². The molecule has 4 nitrogen and oxygen atoms in total. The molecule has 0 aromatic rings. The molecule has 1 N–H and O–H groups in total. The summed E-state index contributed by atoms with van der Waals surface area (Å²) in [4.78, 5) is 17.0. The second-order valence-electron chi connectivity index (χ2n) is 6.63. The molecule has 2 fully saturated rings. The third-order valence-electron chi connectivity index (χ3n) is 4.75. The van der Waals surface area contributed by atoms with E-state index in [9.17, 15) is 4.79 Å². The highest BCUT2D eigenvalue weighted by molar-refractivity contribution is 5.82. The first-order valence-corrected chi connectivity index (χ1v) is 7.75. The molecule has 1 unspecified atom stereocenters. The molecule has 1 atom stereocenters. The Morgan fingerprint density at radius 1 is 1.32 bits per heavy atom. The smallest absolute Gasteiger partial charge is 0.239 e. The van der Waals surface area contributed by atoms with Gasteiger partial charge in [-0.25, -0.2) is 0 Å². The lowest BCUT2D eigenvalue weighted by atomic mass is 9.79. The molecule has 2 aliphatic heterocycles. The van der Waals surface area contributed by atoms with Crippen molar-refractivity contribution < 1.29 is 4.79 Å². The second-order valence-corrected chi connectivity index (χ2v) is 6.63. The van der Waals surface area contributed by atoms with Gasteiger partial charge in [0.1, 0.15) is 0 Å². The predicted molar refractivity (Wildman–Crippen MR) is 78.1 cm³/mol. The first kappa shape index (κ1) is 14.8. The number of hydrogen-bond donors (Lipinski definition) is 1. The van der Waals surface area contributed by atoms with Crippen molar-refractivity contribution in [3.63, 3.8) is 0 Å². The Morgan fingerprint density at radius 2 is 2.00 bits per heavy atom. The van der Waals surface area contributed by atoms with Gasteiger partial charge in [-0.1, -0.05) is 13.8 Å². The van der Waals surface area contributed by atoms with E-state index in [0.717, 1.165) is 45.6 Å². The van der Waals surface area contributed by atoms with Crippen LogP contribution in [0.5, 0.6) is 0 Å². The summed E-state index contributed by atoms with van der Waals surface area (Å²) in [6.45, 7) is 9.53. The Hall–Kier alpha value is -0.610. The average Bonchev–Trinajstić information content (AvgIpc) is 2.39. The van der Waals surface area contributed by atoms with Crippen molar-refractivity contribution in [3.8, 4) is 0 Å². The summed E-state index contributed by atoms with van der Waals surface area (Å²) in [5, 5.41) is 3.32. The molecule has 0 spiro atoms. The zero-order valence-electron chi connectivity index (χ0n) is 12.7. The van der Waals surface area contributed by atoms with E-state index in [1.54, 1.807) is 0 Å². The van der Waals surface area contributed by atoms with Crippen LogP contribution in [-0.2, 0) is 4.79 Å². The van der Waals surface area contributed by atoms with Crippen molar-refractivity contribution in [2.75, 3.05) is 39.8 Å². The summed E-state index contributed by atoms with van der Waals surface area (Å²) in [6, 6.07) is 0.0635. The standard InChI is InChI=1S/C15H29N3O/c1-4-16-13-6-5-9-18(14(13)19)12-15(2)7-10-17(3)11-8-15/h13,16H,4-12H2,1-3H3. The van der Waals surface area contributed by atoms with E-state index in [1.807, 2.05) is 0 Å². The average molecular weight is 267 g/mol. The van der Waals surface area contributed by atoms with Crippen molar-refractivity contribution in [3.05, 3.63) is 0 Å². The molecule has 0 aromatic carbocycles. The number of likely N-dealkylation sites (tertiary alicyclic amines) is 2. The molecule has 1 amide bonds. The SMILES string of the molecule is CCNC1CCCN(CC2(C)CCN(C)CC2)C1=O. The van der Waals surface area contributed by atoms with E-state index in [4.69, 9.17) is 0 Å². The van der Waals surface area contributed by atoms with Crippen LogP contribution < -0.4 is 5.32 Å². The monoisotopic (exact) mass is 267 g/mol. The molecule has 0 saturated carbocycles. The maximum atomic E-state index is 12.4. The minimum absolute atomic E-state index is 0.0635. The number of rotatable bonds is 4. The van der Waals surface area contributed by atoms with Crippen LogP contribution in [0, 0.1) is 5.41 Å². The summed E-state index contributed by atoms with van der Waals surface area (Å²) in [5.41, 5.74) is 0.316. The van der Waals surface area contributed by atoms with Gasteiger partial charge in [0.05, 0.1) is 6.04 Å². The second kappa shape index (κ2) is 6.23. The van der Waals surface area contributed by atoms with Gasteiger partial charge in [-0.2, -0.15) is 0 Å². The lowest BCUT2D eigenvalue weighted by Crippen LogP contribution is -2.54. The molecule has 0 radical (unpaired) electrons. The molecular weight excluding hydrogens is 238 g/mol. The Morgan fingerprint density at radius 3 is 2.63 bits per heavy atom. The van der Waals surface area contributed by atoms with Crippen molar-refractivity contribution in [1.29, 1.82) is 0 Å². The summed E-state index contributed by atoms with van der Waals surface area (Å²) < 4.78 is 0. The third kappa shape index (κ3) is 3.69. The number of carbonyl (C=O) groups excluding carboxylic acids is 1. The molecule has 0 aromatic heterocycles. The van der Waals surface area contributed by atoms with Crippen LogP contribution in [0.25, 0.3) is 0 Å². The summed E-state index contributed by atoms with van der Waals surface area (Å²) in [5.74, 6) is 0.327. The van der Waals surface area contributed by atoms with E-state index in [0.29, 0.717) is 11.3 Å². The highest BCUT2D eigenvalue weighted by atomic mass is 16.2. The minimum atomic E-state index is 0.0635. The van der Waals surface area contributed by atoms with Crippen molar-refractivity contribution in [1.82, 2.24) is 15.1 Å². The fourth-order valence-electron chi connectivity index (χ4n) is 3.31.